The largest absolute Gasteiger partial charge is 0.299 e. The Hall–Kier alpha value is -0.240. The number of carbonyl (C=O) groups is 1. The van der Waals surface area contributed by atoms with Crippen molar-refractivity contribution in [3.8, 4) is 0 Å². The van der Waals surface area contributed by atoms with Crippen LogP contribution in [-0.4, -0.2) is 17.3 Å². The molecule has 0 saturated heterocycles. The van der Waals surface area contributed by atoms with Crippen LogP contribution >= 0.6 is 11.8 Å². The summed E-state index contributed by atoms with van der Waals surface area (Å²) in [4.78, 5) is 10.7. The van der Waals surface area contributed by atoms with Gasteiger partial charge in [-0.3, -0.25) is 4.79 Å². The van der Waals surface area contributed by atoms with E-state index in [-0.39, 0.29) is 11.7 Å². The Morgan fingerprint density at radius 3 is 1.82 bits per heavy atom. The van der Waals surface area contributed by atoms with Crippen LogP contribution in [0.5, 0.6) is 0 Å². The van der Waals surface area contributed by atoms with Crippen LogP contribution in [0.25, 0.3) is 0 Å². The zero-order valence-electron chi connectivity index (χ0n) is 12.9. The molecule has 0 aliphatic heterocycles. The molecular weight excluding hydrogens is 228 g/mol. The Balaban J connectivity index is -0.000000213. The zero-order chi connectivity index (χ0) is 14.3. The van der Waals surface area contributed by atoms with Crippen molar-refractivity contribution in [2.24, 2.45) is 5.92 Å². The van der Waals surface area contributed by atoms with E-state index in [9.17, 15) is 4.79 Å². The number of allylic oxidation sites excluding steroid dienone is 1. The number of rotatable bonds is 6. The van der Waals surface area contributed by atoms with Gasteiger partial charge in [-0.15, -0.1) is 0 Å². The van der Waals surface area contributed by atoms with Crippen molar-refractivity contribution < 1.29 is 4.79 Å². The summed E-state index contributed by atoms with van der Waals surface area (Å²) in [6, 6.07) is 0. The summed E-state index contributed by atoms with van der Waals surface area (Å²) in [5, 5.41) is 0. The monoisotopic (exact) mass is 260 g/mol. The van der Waals surface area contributed by atoms with Crippen molar-refractivity contribution in [2.75, 3.05) is 11.5 Å². The molecule has 0 bridgehead atoms. The lowest BCUT2D eigenvalue weighted by atomic mass is 9.97. The smallest absolute Gasteiger partial charge is 0.136 e. The van der Waals surface area contributed by atoms with Crippen LogP contribution in [0.4, 0.5) is 0 Å². The SMILES string of the molecule is C=C(CC)C(C)C(C)=O.CC.CCCSCC. The van der Waals surface area contributed by atoms with Crippen molar-refractivity contribution >= 4 is 17.5 Å². The average Bonchev–Trinajstić information content (AvgIpc) is 2.37. The molecule has 1 atom stereocenters. The highest BCUT2D eigenvalue weighted by Gasteiger charge is 2.08. The first-order chi connectivity index (χ1) is 8.01. The van der Waals surface area contributed by atoms with Gasteiger partial charge >= 0.3 is 0 Å². The summed E-state index contributed by atoms with van der Waals surface area (Å²) < 4.78 is 0. The molecular formula is C15H32OS. The van der Waals surface area contributed by atoms with Gasteiger partial charge in [0.2, 0.25) is 0 Å². The van der Waals surface area contributed by atoms with E-state index in [4.69, 9.17) is 0 Å². The standard InChI is InChI=1S/C8H14O.C5H12S.C2H6/c1-5-6(2)7(3)8(4)9;1-3-5-6-4-2;1-2/h7H,2,5H2,1,3-4H3;3-5H2,1-2H3;1-2H3. The Labute approximate surface area is 113 Å². The minimum Gasteiger partial charge on any atom is -0.299 e. The van der Waals surface area contributed by atoms with Gasteiger partial charge in [0.25, 0.3) is 0 Å². The lowest BCUT2D eigenvalue weighted by molar-refractivity contribution is -0.119. The molecule has 0 radical (unpaired) electrons. The van der Waals surface area contributed by atoms with Crippen molar-refractivity contribution in [3.63, 3.8) is 0 Å². The van der Waals surface area contributed by atoms with Crippen LogP contribution in [0.15, 0.2) is 12.2 Å². The fourth-order valence-electron chi connectivity index (χ4n) is 0.882. The highest BCUT2D eigenvalue weighted by molar-refractivity contribution is 7.99. The quantitative estimate of drug-likeness (QED) is 0.473. The second kappa shape index (κ2) is 18.1. The molecule has 0 aliphatic carbocycles. The predicted octanol–water partition coefficient (Wildman–Crippen LogP) is 5.35. The molecule has 0 aromatic rings. The van der Waals surface area contributed by atoms with Crippen LogP contribution < -0.4 is 0 Å². The molecule has 104 valence electrons. The molecule has 0 spiro atoms. The molecule has 0 fully saturated rings. The molecule has 1 nitrogen and oxygen atoms in total. The number of hydrogen-bond donors (Lipinski definition) is 0. The van der Waals surface area contributed by atoms with Gasteiger partial charge in [0, 0.05) is 5.92 Å². The van der Waals surface area contributed by atoms with Crippen LogP contribution in [0, 0.1) is 5.92 Å². The molecule has 17 heavy (non-hydrogen) atoms. The molecule has 0 aliphatic rings. The van der Waals surface area contributed by atoms with Gasteiger partial charge in [-0.25, -0.2) is 0 Å². The lowest BCUT2D eigenvalue weighted by Gasteiger charge is -2.07. The third kappa shape index (κ3) is 18.3. The fourth-order valence-corrected chi connectivity index (χ4v) is 1.46. The van der Waals surface area contributed by atoms with Crippen LogP contribution in [0.3, 0.4) is 0 Å². The summed E-state index contributed by atoms with van der Waals surface area (Å²) in [6.45, 7) is 17.7. The molecule has 0 N–H and O–H groups in total. The summed E-state index contributed by atoms with van der Waals surface area (Å²) in [5.41, 5.74) is 1.03. The van der Waals surface area contributed by atoms with Crippen LogP contribution in [0.2, 0.25) is 0 Å². The summed E-state index contributed by atoms with van der Waals surface area (Å²) in [7, 11) is 0. The normalized spacial score (nSPS) is 10.3. The Morgan fingerprint density at radius 1 is 1.24 bits per heavy atom. The average molecular weight is 260 g/mol. The first-order valence-corrected chi connectivity index (χ1v) is 7.92. The van der Waals surface area contributed by atoms with Crippen molar-refractivity contribution in [2.45, 2.75) is 61.3 Å². The maximum atomic E-state index is 10.7. The number of Topliss-reactive ketones (excluding diaryl/α,β-unsaturated/α-hetero) is 1. The molecule has 0 amide bonds. The third-order valence-corrected chi connectivity index (χ3v) is 3.33. The summed E-state index contributed by atoms with van der Waals surface area (Å²) >= 11 is 2.01. The number of thioether (sulfide) groups is 1. The summed E-state index contributed by atoms with van der Waals surface area (Å²) in [6.07, 6.45) is 2.22. The number of carbonyl (C=O) groups excluding carboxylic acids is 1. The lowest BCUT2D eigenvalue weighted by Crippen LogP contribution is -2.07. The van der Waals surface area contributed by atoms with E-state index in [1.807, 2.05) is 39.5 Å². The van der Waals surface area contributed by atoms with E-state index < -0.39 is 0 Å². The fraction of sp³-hybridized carbons (Fsp3) is 0.800. The van der Waals surface area contributed by atoms with Gasteiger partial charge in [0.1, 0.15) is 5.78 Å². The minimum atomic E-state index is 0.0509. The molecule has 0 rings (SSSR count). The van der Waals surface area contributed by atoms with Gasteiger partial charge in [0.15, 0.2) is 0 Å². The topological polar surface area (TPSA) is 17.1 Å². The first kappa shape index (κ1) is 22.0. The van der Waals surface area contributed by atoms with E-state index in [2.05, 4.69) is 20.4 Å². The second-order valence-electron chi connectivity index (χ2n) is 3.54. The highest BCUT2D eigenvalue weighted by atomic mass is 32.2. The van der Waals surface area contributed by atoms with E-state index in [0.29, 0.717) is 0 Å². The highest BCUT2D eigenvalue weighted by Crippen LogP contribution is 2.11. The Morgan fingerprint density at radius 2 is 1.71 bits per heavy atom. The third-order valence-electron chi connectivity index (χ3n) is 2.23. The van der Waals surface area contributed by atoms with Gasteiger partial charge in [-0.2, -0.15) is 11.8 Å². The number of ketones is 1. The maximum Gasteiger partial charge on any atom is 0.136 e. The van der Waals surface area contributed by atoms with Gasteiger partial charge < -0.3 is 0 Å². The van der Waals surface area contributed by atoms with Crippen LogP contribution in [-0.2, 0) is 4.79 Å². The Bertz CT molecular complexity index is 172. The van der Waals surface area contributed by atoms with E-state index in [1.54, 1.807) is 6.92 Å². The molecule has 1 unspecified atom stereocenters. The molecule has 0 aromatic heterocycles. The molecule has 2 heteroatoms. The molecule has 0 heterocycles. The minimum absolute atomic E-state index is 0.0509. The zero-order valence-corrected chi connectivity index (χ0v) is 13.7. The van der Waals surface area contributed by atoms with Gasteiger partial charge in [-0.05, 0) is 31.3 Å². The van der Waals surface area contributed by atoms with E-state index in [0.717, 1.165) is 12.0 Å². The first-order valence-electron chi connectivity index (χ1n) is 6.76. The van der Waals surface area contributed by atoms with Crippen molar-refractivity contribution in [1.29, 1.82) is 0 Å². The maximum absolute atomic E-state index is 10.7. The van der Waals surface area contributed by atoms with Crippen LogP contribution in [0.1, 0.15) is 61.3 Å². The molecule has 0 saturated carbocycles. The summed E-state index contributed by atoms with van der Waals surface area (Å²) in [5.74, 6) is 2.86. The Kier molecular flexibility index (Phi) is 23.5. The van der Waals surface area contributed by atoms with Crippen molar-refractivity contribution in [1.82, 2.24) is 0 Å². The molecule has 0 aromatic carbocycles. The predicted molar refractivity (Wildman–Crippen MR) is 83.9 cm³/mol. The number of hydrogen-bond acceptors (Lipinski definition) is 2. The van der Waals surface area contributed by atoms with Gasteiger partial charge in [0.05, 0.1) is 0 Å². The van der Waals surface area contributed by atoms with E-state index in [1.165, 1.54) is 17.9 Å². The van der Waals surface area contributed by atoms with Crippen molar-refractivity contribution in [3.05, 3.63) is 12.2 Å². The second-order valence-corrected chi connectivity index (χ2v) is 4.93. The van der Waals surface area contributed by atoms with Gasteiger partial charge in [-0.1, -0.05) is 53.7 Å². The van der Waals surface area contributed by atoms with E-state index >= 15 is 0 Å².